The standard InChI is InChI=1S/C13H20N2O4S/c1-18-12-5-6-14-11(13(12)19-2)8-15-10-4-3-7-20(16,17)9-10/h5-6,10,15H,3-4,7-9H2,1-2H3. The molecule has 0 aliphatic carbocycles. The van der Waals surface area contributed by atoms with E-state index in [1.807, 2.05) is 0 Å². The second-order valence-corrected chi connectivity index (χ2v) is 7.06. The fourth-order valence-corrected chi connectivity index (χ4v) is 4.07. The summed E-state index contributed by atoms with van der Waals surface area (Å²) >= 11 is 0. The van der Waals surface area contributed by atoms with E-state index in [0.717, 1.165) is 12.1 Å². The van der Waals surface area contributed by atoms with Crippen LogP contribution in [0.15, 0.2) is 12.3 Å². The summed E-state index contributed by atoms with van der Waals surface area (Å²) in [7, 11) is 0.232. The van der Waals surface area contributed by atoms with Gasteiger partial charge in [0, 0.05) is 24.8 Å². The van der Waals surface area contributed by atoms with Gasteiger partial charge in [0.15, 0.2) is 21.3 Å². The van der Waals surface area contributed by atoms with Crippen molar-refractivity contribution in [3.05, 3.63) is 18.0 Å². The summed E-state index contributed by atoms with van der Waals surface area (Å²) in [5.74, 6) is 1.70. The highest BCUT2D eigenvalue weighted by molar-refractivity contribution is 7.91. The second kappa shape index (κ2) is 6.41. The van der Waals surface area contributed by atoms with Crippen LogP contribution in [-0.2, 0) is 16.4 Å². The van der Waals surface area contributed by atoms with E-state index < -0.39 is 9.84 Å². The number of hydrogen-bond donors (Lipinski definition) is 1. The topological polar surface area (TPSA) is 77.5 Å². The van der Waals surface area contributed by atoms with E-state index in [9.17, 15) is 8.42 Å². The summed E-state index contributed by atoms with van der Waals surface area (Å²) in [5, 5.41) is 3.24. The predicted octanol–water partition coefficient (Wildman–Crippen LogP) is 0.766. The number of nitrogens with zero attached hydrogens (tertiary/aromatic N) is 1. The highest BCUT2D eigenvalue weighted by Gasteiger charge is 2.24. The maximum Gasteiger partial charge on any atom is 0.183 e. The molecule has 1 unspecified atom stereocenters. The number of rotatable bonds is 5. The van der Waals surface area contributed by atoms with Gasteiger partial charge in [-0.3, -0.25) is 4.98 Å². The molecule has 1 N–H and O–H groups in total. The van der Waals surface area contributed by atoms with Gasteiger partial charge in [-0.1, -0.05) is 0 Å². The third kappa shape index (κ3) is 3.61. The summed E-state index contributed by atoms with van der Waals surface area (Å²) in [6.45, 7) is 0.459. The van der Waals surface area contributed by atoms with Crippen molar-refractivity contribution in [2.45, 2.75) is 25.4 Å². The lowest BCUT2D eigenvalue weighted by atomic mass is 10.2. The summed E-state index contributed by atoms with van der Waals surface area (Å²) < 4.78 is 33.7. The summed E-state index contributed by atoms with van der Waals surface area (Å²) in [6, 6.07) is 1.71. The molecule has 0 radical (unpaired) electrons. The molecule has 1 aliphatic rings. The number of hydrogen-bond acceptors (Lipinski definition) is 6. The fourth-order valence-electron chi connectivity index (χ4n) is 2.40. The molecule has 1 aliphatic heterocycles. The Bertz CT molecular complexity index is 559. The van der Waals surface area contributed by atoms with E-state index in [1.54, 1.807) is 26.5 Å². The van der Waals surface area contributed by atoms with Crippen molar-refractivity contribution in [1.29, 1.82) is 0 Å². The summed E-state index contributed by atoms with van der Waals surface area (Å²) in [5.41, 5.74) is 0.717. The smallest absolute Gasteiger partial charge is 0.183 e. The normalized spacial score (nSPS) is 21.4. The summed E-state index contributed by atoms with van der Waals surface area (Å²) in [4.78, 5) is 4.26. The number of aromatic nitrogens is 1. The van der Waals surface area contributed by atoms with E-state index >= 15 is 0 Å². The highest BCUT2D eigenvalue weighted by atomic mass is 32.2. The number of nitrogens with one attached hydrogen (secondary N) is 1. The minimum absolute atomic E-state index is 0.0218. The monoisotopic (exact) mass is 300 g/mol. The van der Waals surface area contributed by atoms with E-state index in [0.29, 0.717) is 30.2 Å². The molecule has 1 fully saturated rings. The van der Waals surface area contributed by atoms with Crippen LogP contribution in [0.4, 0.5) is 0 Å². The molecule has 20 heavy (non-hydrogen) atoms. The number of ether oxygens (including phenoxy) is 2. The largest absolute Gasteiger partial charge is 0.493 e. The van der Waals surface area contributed by atoms with Crippen LogP contribution in [-0.4, -0.2) is 45.2 Å². The Morgan fingerprint density at radius 2 is 2.20 bits per heavy atom. The molecule has 112 valence electrons. The van der Waals surface area contributed by atoms with Crippen molar-refractivity contribution in [2.24, 2.45) is 0 Å². The minimum atomic E-state index is -2.90. The molecule has 1 atom stereocenters. The molecule has 2 heterocycles. The molecule has 2 rings (SSSR count). The van der Waals surface area contributed by atoms with E-state index in [2.05, 4.69) is 10.3 Å². The van der Waals surface area contributed by atoms with Gasteiger partial charge >= 0.3 is 0 Å². The zero-order chi connectivity index (χ0) is 14.6. The molecule has 6 nitrogen and oxygen atoms in total. The molecule has 7 heteroatoms. The maximum absolute atomic E-state index is 11.6. The van der Waals surface area contributed by atoms with Crippen LogP contribution >= 0.6 is 0 Å². The molecule has 1 aromatic heterocycles. The lowest BCUT2D eigenvalue weighted by Crippen LogP contribution is -2.39. The lowest BCUT2D eigenvalue weighted by Gasteiger charge is -2.23. The Kier molecular flexibility index (Phi) is 4.82. The molecular formula is C13H20N2O4S. The van der Waals surface area contributed by atoms with Gasteiger partial charge in [-0.25, -0.2) is 8.42 Å². The fraction of sp³-hybridized carbons (Fsp3) is 0.615. The first-order chi connectivity index (χ1) is 9.55. The summed E-state index contributed by atoms with van der Waals surface area (Å²) in [6.07, 6.45) is 3.23. The molecule has 0 saturated carbocycles. The van der Waals surface area contributed by atoms with Gasteiger partial charge in [-0.2, -0.15) is 0 Å². The molecule has 1 saturated heterocycles. The Morgan fingerprint density at radius 1 is 1.40 bits per heavy atom. The average Bonchev–Trinajstić information content (AvgIpc) is 2.43. The van der Waals surface area contributed by atoms with Crippen LogP contribution < -0.4 is 14.8 Å². The Balaban J connectivity index is 2.04. The van der Waals surface area contributed by atoms with Crippen LogP contribution in [0, 0.1) is 0 Å². The molecule has 0 spiro atoms. The van der Waals surface area contributed by atoms with Crippen LogP contribution in [0.3, 0.4) is 0 Å². The van der Waals surface area contributed by atoms with Gasteiger partial charge in [0.25, 0.3) is 0 Å². The van der Waals surface area contributed by atoms with Gasteiger partial charge in [0.2, 0.25) is 0 Å². The zero-order valence-electron chi connectivity index (χ0n) is 11.8. The van der Waals surface area contributed by atoms with Gasteiger partial charge in [-0.15, -0.1) is 0 Å². The van der Waals surface area contributed by atoms with Gasteiger partial charge in [0.05, 0.1) is 31.4 Å². The molecule has 0 amide bonds. The van der Waals surface area contributed by atoms with Crippen molar-refractivity contribution >= 4 is 9.84 Å². The lowest BCUT2D eigenvalue weighted by molar-refractivity contribution is 0.346. The molecule has 1 aromatic rings. The van der Waals surface area contributed by atoms with Crippen LogP contribution in [0.25, 0.3) is 0 Å². The zero-order valence-corrected chi connectivity index (χ0v) is 12.6. The van der Waals surface area contributed by atoms with E-state index in [-0.39, 0.29) is 11.8 Å². The maximum atomic E-state index is 11.6. The first-order valence-electron chi connectivity index (χ1n) is 6.55. The van der Waals surface area contributed by atoms with E-state index in [1.165, 1.54) is 0 Å². The number of sulfone groups is 1. The molecule has 0 aromatic carbocycles. The van der Waals surface area contributed by atoms with E-state index in [4.69, 9.17) is 9.47 Å². The van der Waals surface area contributed by atoms with Crippen molar-refractivity contribution in [2.75, 3.05) is 25.7 Å². The van der Waals surface area contributed by atoms with Crippen LogP contribution in [0.5, 0.6) is 11.5 Å². The van der Waals surface area contributed by atoms with Gasteiger partial charge in [-0.05, 0) is 12.8 Å². The Labute approximate surface area is 119 Å². The second-order valence-electron chi connectivity index (χ2n) is 4.83. The van der Waals surface area contributed by atoms with Crippen molar-refractivity contribution in [1.82, 2.24) is 10.3 Å². The average molecular weight is 300 g/mol. The first-order valence-corrected chi connectivity index (χ1v) is 8.37. The Hall–Kier alpha value is -1.34. The van der Waals surface area contributed by atoms with Crippen LogP contribution in [0.2, 0.25) is 0 Å². The van der Waals surface area contributed by atoms with Crippen molar-refractivity contribution in [3.63, 3.8) is 0 Å². The number of pyridine rings is 1. The predicted molar refractivity (Wildman–Crippen MR) is 75.9 cm³/mol. The van der Waals surface area contributed by atoms with Gasteiger partial charge in [0.1, 0.15) is 0 Å². The molecular weight excluding hydrogens is 280 g/mol. The minimum Gasteiger partial charge on any atom is -0.493 e. The third-order valence-corrected chi connectivity index (χ3v) is 5.21. The SMILES string of the molecule is COc1ccnc(CNC2CCCS(=O)(=O)C2)c1OC. The van der Waals surface area contributed by atoms with Gasteiger partial charge < -0.3 is 14.8 Å². The number of methoxy groups -OCH3 is 2. The van der Waals surface area contributed by atoms with Crippen LogP contribution in [0.1, 0.15) is 18.5 Å². The highest BCUT2D eigenvalue weighted by Crippen LogP contribution is 2.29. The quantitative estimate of drug-likeness (QED) is 0.865. The molecule has 0 bridgehead atoms. The first kappa shape index (κ1) is 15.1. The van der Waals surface area contributed by atoms with Crippen molar-refractivity contribution < 1.29 is 17.9 Å². The van der Waals surface area contributed by atoms with Crippen molar-refractivity contribution in [3.8, 4) is 11.5 Å². The third-order valence-electron chi connectivity index (χ3n) is 3.39. The Morgan fingerprint density at radius 3 is 2.85 bits per heavy atom.